The monoisotopic (exact) mass is 374 g/mol. The molecule has 0 unspecified atom stereocenters. The van der Waals surface area contributed by atoms with Gasteiger partial charge in [-0.25, -0.2) is 4.68 Å². The molecule has 8 heteroatoms. The third kappa shape index (κ3) is 3.80. The lowest BCUT2D eigenvalue weighted by Gasteiger charge is -2.26. The highest BCUT2D eigenvalue weighted by Crippen LogP contribution is 2.25. The van der Waals surface area contributed by atoms with Crippen LogP contribution in [-0.2, 0) is 0 Å². The molecule has 124 valence electrons. The van der Waals surface area contributed by atoms with Crippen molar-refractivity contribution in [1.82, 2.24) is 20.0 Å². The molecule has 3 rings (SSSR count). The first kappa shape index (κ1) is 18.1. The zero-order valence-electron chi connectivity index (χ0n) is 12.6. The van der Waals surface area contributed by atoms with E-state index < -0.39 is 0 Å². The van der Waals surface area contributed by atoms with E-state index in [4.69, 9.17) is 23.2 Å². The Hall–Kier alpha value is -1.27. The molecular weight excluding hydrogens is 359 g/mol. The Labute approximate surface area is 151 Å². The Balaban J connectivity index is 0.00000192. The third-order valence-electron chi connectivity index (χ3n) is 3.66. The van der Waals surface area contributed by atoms with Crippen molar-refractivity contribution in [3.05, 3.63) is 45.7 Å². The minimum Gasteiger partial charge on any atom is -0.335 e. The number of rotatable bonds is 2. The maximum Gasteiger partial charge on any atom is 0.274 e. The highest BCUT2D eigenvalue weighted by Gasteiger charge is 2.21. The Morgan fingerprint density at radius 2 is 1.87 bits per heavy atom. The van der Waals surface area contributed by atoms with Crippen molar-refractivity contribution >= 4 is 41.5 Å². The van der Waals surface area contributed by atoms with Crippen LogP contribution in [0.5, 0.6) is 0 Å². The Kier molecular flexibility index (Phi) is 5.92. The summed E-state index contributed by atoms with van der Waals surface area (Å²) in [4.78, 5) is 14.3. The molecule has 1 aliphatic heterocycles. The highest BCUT2D eigenvalue weighted by atomic mass is 35.5. The van der Waals surface area contributed by atoms with Gasteiger partial charge in [-0.3, -0.25) is 4.79 Å². The number of amides is 1. The number of aryl methyl sites for hydroxylation is 1. The molecule has 2 aromatic rings. The summed E-state index contributed by atoms with van der Waals surface area (Å²) in [5.74, 6) is -0.0385. The fourth-order valence-corrected chi connectivity index (χ4v) is 2.78. The van der Waals surface area contributed by atoms with Crippen LogP contribution in [0.25, 0.3) is 5.69 Å². The second-order valence-corrected chi connectivity index (χ2v) is 6.04. The van der Waals surface area contributed by atoms with Gasteiger partial charge in [0.15, 0.2) is 5.69 Å². The van der Waals surface area contributed by atoms with E-state index in [0.29, 0.717) is 28.8 Å². The summed E-state index contributed by atoms with van der Waals surface area (Å²) in [6.45, 7) is 4.95. The summed E-state index contributed by atoms with van der Waals surface area (Å²) in [6.07, 6.45) is 0. The number of piperazine rings is 1. The van der Waals surface area contributed by atoms with E-state index in [1.807, 2.05) is 17.9 Å². The van der Waals surface area contributed by atoms with Gasteiger partial charge in [0.05, 0.1) is 15.7 Å². The Morgan fingerprint density at radius 3 is 2.52 bits per heavy atom. The van der Waals surface area contributed by atoms with E-state index in [-0.39, 0.29) is 18.3 Å². The average Bonchev–Trinajstić information content (AvgIpc) is 2.92. The minimum absolute atomic E-state index is 0. The van der Waals surface area contributed by atoms with Gasteiger partial charge in [-0.2, -0.15) is 5.10 Å². The van der Waals surface area contributed by atoms with Crippen molar-refractivity contribution in [2.45, 2.75) is 6.92 Å². The number of carbonyl (C=O) groups is 1. The predicted octanol–water partition coefficient (Wildman–Crippen LogP) is 2.95. The smallest absolute Gasteiger partial charge is 0.274 e. The van der Waals surface area contributed by atoms with Crippen LogP contribution < -0.4 is 5.32 Å². The molecule has 2 heterocycles. The number of benzene rings is 1. The van der Waals surface area contributed by atoms with Crippen LogP contribution >= 0.6 is 35.6 Å². The molecule has 0 atom stereocenters. The number of nitrogens with one attached hydrogen (secondary N) is 1. The first-order valence-electron chi connectivity index (χ1n) is 7.08. The number of aromatic nitrogens is 2. The number of hydrogen-bond acceptors (Lipinski definition) is 3. The number of hydrogen-bond donors (Lipinski definition) is 1. The molecule has 1 aliphatic rings. The van der Waals surface area contributed by atoms with Crippen molar-refractivity contribution in [1.29, 1.82) is 0 Å². The topological polar surface area (TPSA) is 50.2 Å². The lowest BCUT2D eigenvalue weighted by atomic mass is 10.3. The molecule has 0 spiro atoms. The van der Waals surface area contributed by atoms with Crippen molar-refractivity contribution in [3.63, 3.8) is 0 Å². The SMILES string of the molecule is Cc1cc(C(=O)N2CCNCC2)nn1-c1ccc(Cl)c(Cl)c1.Cl. The lowest BCUT2D eigenvalue weighted by Crippen LogP contribution is -2.46. The highest BCUT2D eigenvalue weighted by molar-refractivity contribution is 6.42. The van der Waals surface area contributed by atoms with Gasteiger partial charge in [0.25, 0.3) is 5.91 Å². The zero-order valence-corrected chi connectivity index (χ0v) is 14.9. The lowest BCUT2D eigenvalue weighted by molar-refractivity contribution is 0.0729. The van der Waals surface area contributed by atoms with Crippen molar-refractivity contribution in [2.24, 2.45) is 0 Å². The summed E-state index contributed by atoms with van der Waals surface area (Å²) >= 11 is 12.0. The number of nitrogens with zero attached hydrogens (tertiary/aromatic N) is 3. The van der Waals surface area contributed by atoms with E-state index in [1.54, 1.807) is 22.9 Å². The van der Waals surface area contributed by atoms with E-state index in [2.05, 4.69) is 10.4 Å². The van der Waals surface area contributed by atoms with Crippen LogP contribution in [0, 0.1) is 6.92 Å². The van der Waals surface area contributed by atoms with E-state index in [0.717, 1.165) is 24.5 Å². The molecule has 1 amide bonds. The van der Waals surface area contributed by atoms with E-state index in [9.17, 15) is 4.79 Å². The summed E-state index contributed by atoms with van der Waals surface area (Å²) < 4.78 is 1.71. The van der Waals surface area contributed by atoms with Gasteiger partial charge in [0, 0.05) is 31.9 Å². The van der Waals surface area contributed by atoms with Gasteiger partial charge in [-0.15, -0.1) is 12.4 Å². The van der Waals surface area contributed by atoms with Crippen LogP contribution in [0.4, 0.5) is 0 Å². The first-order valence-corrected chi connectivity index (χ1v) is 7.84. The maximum absolute atomic E-state index is 12.5. The fraction of sp³-hybridized carbons (Fsp3) is 0.333. The van der Waals surface area contributed by atoms with Crippen molar-refractivity contribution < 1.29 is 4.79 Å². The summed E-state index contributed by atoms with van der Waals surface area (Å²) in [7, 11) is 0. The molecule has 1 aromatic carbocycles. The van der Waals surface area contributed by atoms with Crippen LogP contribution in [0.3, 0.4) is 0 Å². The van der Waals surface area contributed by atoms with Crippen LogP contribution in [0.15, 0.2) is 24.3 Å². The van der Waals surface area contributed by atoms with Crippen molar-refractivity contribution in [3.8, 4) is 5.69 Å². The zero-order chi connectivity index (χ0) is 15.7. The van der Waals surface area contributed by atoms with E-state index >= 15 is 0 Å². The standard InChI is InChI=1S/C15H16Cl2N4O.ClH/c1-10-8-14(15(22)20-6-4-18-5-7-20)19-21(10)11-2-3-12(16)13(17)9-11;/h2-3,8-9,18H,4-7H2,1H3;1H. The predicted molar refractivity (Wildman–Crippen MR) is 94.3 cm³/mol. The molecule has 5 nitrogen and oxygen atoms in total. The van der Waals surface area contributed by atoms with Crippen LogP contribution in [0.1, 0.15) is 16.2 Å². The molecule has 0 aliphatic carbocycles. The number of carbonyl (C=O) groups excluding carboxylic acids is 1. The molecule has 1 N–H and O–H groups in total. The maximum atomic E-state index is 12.5. The Morgan fingerprint density at radius 1 is 1.17 bits per heavy atom. The summed E-state index contributed by atoms with van der Waals surface area (Å²) in [5, 5.41) is 8.61. The van der Waals surface area contributed by atoms with E-state index in [1.165, 1.54) is 0 Å². The van der Waals surface area contributed by atoms with Gasteiger partial charge in [-0.1, -0.05) is 23.2 Å². The summed E-state index contributed by atoms with van der Waals surface area (Å²) in [5.41, 5.74) is 2.11. The largest absolute Gasteiger partial charge is 0.335 e. The normalized spacial score (nSPS) is 14.5. The number of halogens is 3. The second-order valence-electron chi connectivity index (χ2n) is 5.22. The molecule has 1 saturated heterocycles. The van der Waals surface area contributed by atoms with Crippen molar-refractivity contribution in [2.75, 3.05) is 26.2 Å². The van der Waals surface area contributed by atoms with Gasteiger partial charge < -0.3 is 10.2 Å². The minimum atomic E-state index is -0.0385. The van der Waals surface area contributed by atoms with Crippen LogP contribution in [0.2, 0.25) is 10.0 Å². The van der Waals surface area contributed by atoms with Gasteiger partial charge >= 0.3 is 0 Å². The Bertz CT molecular complexity index is 711. The second kappa shape index (κ2) is 7.53. The molecule has 23 heavy (non-hydrogen) atoms. The molecule has 1 fully saturated rings. The summed E-state index contributed by atoms with van der Waals surface area (Å²) in [6, 6.07) is 7.08. The van der Waals surface area contributed by atoms with Gasteiger partial charge in [0.2, 0.25) is 0 Å². The average molecular weight is 376 g/mol. The fourth-order valence-electron chi connectivity index (χ4n) is 2.49. The first-order chi connectivity index (χ1) is 10.6. The molecule has 0 saturated carbocycles. The quantitative estimate of drug-likeness (QED) is 0.878. The molecular formula is C15H17Cl3N4O. The van der Waals surface area contributed by atoms with Gasteiger partial charge in [-0.05, 0) is 31.2 Å². The molecule has 0 bridgehead atoms. The molecule has 0 radical (unpaired) electrons. The van der Waals surface area contributed by atoms with Crippen LogP contribution in [-0.4, -0.2) is 46.8 Å². The van der Waals surface area contributed by atoms with Gasteiger partial charge in [0.1, 0.15) is 0 Å². The third-order valence-corrected chi connectivity index (χ3v) is 4.40. The molecule has 1 aromatic heterocycles.